The number of hydrogen-bond acceptors (Lipinski definition) is 4. The summed E-state index contributed by atoms with van der Waals surface area (Å²) in [4.78, 5) is 19.3. The molecule has 6 nitrogen and oxygen atoms in total. The van der Waals surface area contributed by atoms with Gasteiger partial charge in [-0.1, -0.05) is 12.1 Å². The van der Waals surface area contributed by atoms with Gasteiger partial charge in [0, 0.05) is 38.3 Å². The third kappa shape index (κ3) is 6.78. The highest BCUT2D eigenvalue weighted by molar-refractivity contribution is 14.0. The van der Waals surface area contributed by atoms with Crippen molar-refractivity contribution in [1.29, 1.82) is 0 Å². The molecule has 3 rings (SSSR count). The van der Waals surface area contributed by atoms with Crippen LogP contribution in [0.1, 0.15) is 45.1 Å². The van der Waals surface area contributed by atoms with E-state index in [1.807, 2.05) is 19.1 Å². The van der Waals surface area contributed by atoms with E-state index in [2.05, 4.69) is 17.1 Å². The largest absolute Gasteiger partial charge is 0.466 e. The van der Waals surface area contributed by atoms with Crippen molar-refractivity contribution in [2.45, 2.75) is 44.9 Å². The Bertz CT molecular complexity index is 715. The number of guanidine groups is 1. The van der Waals surface area contributed by atoms with E-state index in [0.29, 0.717) is 26.4 Å². The number of carbonyl (C=O) groups is 1. The van der Waals surface area contributed by atoms with Gasteiger partial charge in [-0.3, -0.25) is 9.79 Å². The number of piperidine rings is 1. The first kappa shape index (κ1) is 25.8. The van der Waals surface area contributed by atoms with Crippen molar-refractivity contribution in [3.05, 3.63) is 35.6 Å². The molecular weight excluding hydrogens is 512 g/mol. The average Bonchev–Trinajstić information content (AvgIpc) is 2.78. The number of esters is 1. The number of ether oxygens (including phenoxy) is 2. The van der Waals surface area contributed by atoms with Crippen LogP contribution in [0.5, 0.6) is 0 Å². The fraction of sp³-hybridized carbons (Fsp3) is 0.652. The van der Waals surface area contributed by atoms with E-state index in [1.165, 1.54) is 12.1 Å². The summed E-state index contributed by atoms with van der Waals surface area (Å²) in [5.41, 5.74) is 0.975. The van der Waals surface area contributed by atoms with E-state index in [0.717, 1.165) is 56.8 Å². The van der Waals surface area contributed by atoms with Gasteiger partial charge in [-0.05, 0) is 57.2 Å². The zero-order valence-electron chi connectivity index (χ0n) is 18.6. The summed E-state index contributed by atoms with van der Waals surface area (Å²) in [7, 11) is 0. The highest BCUT2D eigenvalue weighted by atomic mass is 127. The van der Waals surface area contributed by atoms with Crippen LogP contribution in [0.4, 0.5) is 4.39 Å². The van der Waals surface area contributed by atoms with Gasteiger partial charge in [0.05, 0.1) is 19.1 Å². The summed E-state index contributed by atoms with van der Waals surface area (Å²) in [5.74, 6) is 0.553. The molecule has 1 aromatic carbocycles. The quantitative estimate of drug-likeness (QED) is 0.255. The second-order valence-corrected chi connectivity index (χ2v) is 8.08. The van der Waals surface area contributed by atoms with E-state index in [-0.39, 0.29) is 47.1 Å². The molecule has 31 heavy (non-hydrogen) atoms. The molecule has 0 atom stereocenters. The van der Waals surface area contributed by atoms with Crippen LogP contribution >= 0.6 is 24.0 Å². The van der Waals surface area contributed by atoms with Gasteiger partial charge in [-0.2, -0.15) is 0 Å². The Kier molecular flexibility index (Phi) is 10.5. The second-order valence-electron chi connectivity index (χ2n) is 8.08. The first-order valence-corrected chi connectivity index (χ1v) is 11.1. The highest BCUT2D eigenvalue weighted by Gasteiger charge is 2.35. The maximum absolute atomic E-state index is 13.5. The summed E-state index contributed by atoms with van der Waals surface area (Å²) < 4.78 is 24.3. The zero-order valence-corrected chi connectivity index (χ0v) is 20.9. The Labute approximate surface area is 202 Å². The topological polar surface area (TPSA) is 63.2 Å². The summed E-state index contributed by atoms with van der Waals surface area (Å²) >= 11 is 0. The highest BCUT2D eigenvalue weighted by Crippen LogP contribution is 2.35. The molecule has 1 N–H and O–H groups in total. The van der Waals surface area contributed by atoms with Gasteiger partial charge in [0.2, 0.25) is 0 Å². The number of carbonyl (C=O) groups excluding carboxylic acids is 1. The van der Waals surface area contributed by atoms with Crippen LogP contribution < -0.4 is 5.32 Å². The Morgan fingerprint density at radius 3 is 2.45 bits per heavy atom. The van der Waals surface area contributed by atoms with Gasteiger partial charge >= 0.3 is 5.97 Å². The predicted molar refractivity (Wildman–Crippen MR) is 130 cm³/mol. The van der Waals surface area contributed by atoms with Crippen LogP contribution in [0, 0.1) is 11.7 Å². The van der Waals surface area contributed by atoms with Crippen molar-refractivity contribution in [3.63, 3.8) is 0 Å². The van der Waals surface area contributed by atoms with Crippen LogP contribution in [0.2, 0.25) is 0 Å². The Balaban J connectivity index is 0.00000341. The average molecular weight is 547 g/mol. The van der Waals surface area contributed by atoms with Crippen molar-refractivity contribution in [2.24, 2.45) is 10.9 Å². The first-order valence-electron chi connectivity index (χ1n) is 11.1. The molecule has 8 heteroatoms. The van der Waals surface area contributed by atoms with Gasteiger partial charge < -0.3 is 19.7 Å². The van der Waals surface area contributed by atoms with Crippen LogP contribution in [0.3, 0.4) is 0 Å². The number of likely N-dealkylation sites (tertiary alicyclic amines) is 1. The minimum atomic E-state index is -0.220. The fourth-order valence-electron chi connectivity index (χ4n) is 4.34. The molecule has 0 aromatic heterocycles. The summed E-state index contributed by atoms with van der Waals surface area (Å²) in [6, 6.07) is 6.82. The van der Waals surface area contributed by atoms with Crippen LogP contribution in [-0.2, 0) is 19.7 Å². The van der Waals surface area contributed by atoms with E-state index in [4.69, 9.17) is 14.5 Å². The number of aliphatic imine (C=N–C) groups is 1. The Morgan fingerprint density at radius 2 is 1.87 bits per heavy atom. The lowest BCUT2D eigenvalue weighted by Crippen LogP contribution is -2.47. The Hall–Kier alpha value is -1.42. The third-order valence-electron chi connectivity index (χ3n) is 6.19. The molecule has 2 aliphatic rings. The molecule has 0 aliphatic carbocycles. The SMILES string of the molecule is CCNC(=NCC1(c2ccc(F)cc2)CCOCC1)N1CCC(C(=O)OCC)CC1.I. The van der Waals surface area contributed by atoms with E-state index in [9.17, 15) is 9.18 Å². The van der Waals surface area contributed by atoms with E-state index < -0.39 is 0 Å². The molecule has 0 bridgehead atoms. The van der Waals surface area contributed by atoms with Gasteiger partial charge in [0.15, 0.2) is 5.96 Å². The molecule has 2 fully saturated rings. The zero-order chi connectivity index (χ0) is 21.4. The smallest absolute Gasteiger partial charge is 0.309 e. The fourth-order valence-corrected chi connectivity index (χ4v) is 4.34. The molecule has 1 aromatic rings. The van der Waals surface area contributed by atoms with Gasteiger partial charge in [-0.15, -0.1) is 24.0 Å². The molecule has 0 spiro atoms. The molecule has 0 saturated carbocycles. The molecule has 0 amide bonds. The third-order valence-corrected chi connectivity index (χ3v) is 6.19. The predicted octanol–water partition coefficient (Wildman–Crippen LogP) is 3.73. The number of nitrogens with zero attached hydrogens (tertiary/aromatic N) is 2. The molecular formula is C23H35FIN3O3. The monoisotopic (exact) mass is 547 g/mol. The summed E-state index contributed by atoms with van der Waals surface area (Å²) in [6.45, 7) is 8.68. The van der Waals surface area contributed by atoms with Crippen molar-refractivity contribution < 1.29 is 18.7 Å². The summed E-state index contributed by atoms with van der Waals surface area (Å²) in [5, 5.41) is 3.41. The molecule has 2 saturated heterocycles. The normalized spacial score (nSPS) is 19.5. The Morgan fingerprint density at radius 1 is 1.23 bits per heavy atom. The van der Waals surface area contributed by atoms with Gasteiger partial charge in [0.1, 0.15) is 5.82 Å². The molecule has 0 radical (unpaired) electrons. The lowest BCUT2D eigenvalue weighted by Gasteiger charge is -2.38. The van der Waals surface area contributed by atoms with Crippen molar-refractivity contribution in [1.82, 2.24) is 10.2 Å². The van der Waals surface area contributed by atoms with Crippen molar-refractivity contribution in [2.75, 3.05) is 46.0 Å². The minimum Gasteiger partial charge on any atom is -0.466 e. The standard InChI is InChI=1S/C23H34FN3O3.HI/c1-3-25-22(27-13-9-18(10-14-27)21(28)30-4-2)26-17-23(11-15-29-16-12-23)19-5-7-20(24)8-6-19;/h5-8,18H,3-4,9-17H2,1-2H3,(H,25,26);1H. The maximum Gasteiger partial charge on any atom is 0.309 e. The van der Waals surface area contributed by atoms with Gasteiger partial charge in [0.25, 0.3) is 0 Å². The van der Waals surface area contributed by atoms with E-state index in [1.54, 1.807) is 0 Å². The lowest BCUT2D eigenvalue weighted by atomic mass is 9.74. The number of rotatable bonds is 6. The van der Waals surface area contributed by atoms with Gasteiger partial charge in [-0.25, -0.2) is 4.39 Å². The maximum atomic E-state index is 13.5. The van der Waals surface area contributed by atoms with Crippen LogP contribution in [-0.4, -0.2) is 62.8 Å². The second kappa shape index (κ2) is 12.6. The number of hydrogen-bond donors (Lipinski definition) is 1. The first-order chi connectivity index (χ1) is 14.6. The number of benzene rings is 1. The van der Waals surface area contributed by atoms with Crippen LogP contribution in [0.25, 0.3) is 0 Å². The van der Waals surface area contributed by atoms with Crippen molar-refractivity contribution in [3.8, 4) is 0 Å². The molecule has 174 valence electrons. The van der Waals surface area contributed by atoms with Crippen LogP contribution in [0.15, 0.2) is 29.3 Å². The molecule has 2 aliphatic heterocycles. The number of halogens is 2. The lowest BCUT2D eigenvalue weighted by molar-refractivity contribution is -0.149. The molecule has 2 heterocycles. The van der Waals surface area contributed by atoms with Crippen molar-refractivity contribution >= 4 is 35.9 Å². The van der Waals surface area contributed by atoms with E-state index >= 15 is 0 Å². The number of nitrogens with one attached hydrogen (secondary N) is 1. The molecule has 0 unspecified atom stereocenters. The summed E-state index contributed by atoms with van der Waals surface area (Å²) in [6.07, 6.45) is 3.29. The minimum absolute atomic E-state index is 0.